The highest BCUT2D eigenvalue weighted by Gasteiger charge is 2.25. The lowest BCUT2D eigenvalue weighted by Crippen LogP contribution is -2.48. The van der Waals surface area contributed by atoms with Gasteiger partial charge in [-0.15, -0.1) is 0 Å². The van der Waals surface area contributed by atoms with Crippen LogP contribution in [0.1, 0.15) is 16.1 Å². The highest BCUT2D eigenvalue weighted by Crippen LogP contribution is 2.22. The first-order valence-electron chi connectivity index (χ1n) is 10.3. The van der Waals surface area contributed by atoms with Crippen molar-refractivity contribution in [1.82, 2.24) is 15.0 Å². The number of benzene rings is 3. The molecule has 0 radical (unpaired) electrons. The number of carbonyl (C=O) groups is 1. The third-order valence-electron chi connectivity index (χ3n) is 5.72. The number of nitrogens with zero attached hydrogens (tertiary/aromatic N) is 3. The molecular weight excluding hydrogens is 374 g/mol. The fraction of sp³-hybridized carbons (Fsp3) is 0.200. The molecule has 0 unspecified atom stereocenters. The molecule has 0 saturated carbocycles. The summed E-state index contributed by atoms with van der Waals surface area (Å²) < 4.78 is 5.35. The van der Waals surface area contributed by atoms with E-state index in [4.69, 9.17) is 4.52 Å². The van der Waals surface area contributed by atoms with E-state index in [0.717, 1.165) is 25.2 Å². The number of carbonyl (C=O) groups excluding carboxylic acids is 1. The van der Waals surface area contributed by atoms with Crippen LogP contribution in [0.2, 0.25) is 0 Å². The predicted molar refractivity (Wildman–Crippen MR) is 117 cm³/mol. The maximum Gasteiger partial charge on any atom is 0.292 e. The molecule has 1 aromatic heterocycles. The summed E-state index contributed by atoms with van der Waals surface area (Å²) in [6.07, 6.45) is 0. The van der Waals surface area contributed by atoms with Crippen molar-refractivity contribution in [3.63, 3.8) is 0 Å². The van der Waals surface area contributed by atoms with Crippen LogP contribution in [-0.4, -0.2) is 47.0 Å². The Kier molecular flexibility index (Phi) is 5.03. The van der Waals surface area contributed by atoms with Crippen molar-refractivity contribution in [1.29, 1.82) is 0 Å². The summed E-state index contributed by atoms with van der Waals surface area (Å²) in [6.45, 7) is 3.95. The second-order valence-electron chi connectivity index (χ2n) is 7.65. The molecule has 0 atom stereocenters. The molecule has 1 aliphatic rings. The predicted octanol–water partition coefficient (Wildman–Crippen LogP) is 4.45. The van der Waals surface area contributed by atoms with Crippen LogP contribution in [0.15, 0.2) is 83.4 Å². The summed E-state index contributed by atoms with van der Waals surface area (Å²) in [5, 5.41) is 6.64. The van der Waals surface area contributed by atoms with E-state index in [1.807, 2.05) is 35.2 Å². The lowest BCUT2D eigenvalue weighted by atomic mass is 10.0. The van der Waals surface area contributed by atoms with Crippen LogP contribution >= 0.6 is 0 Å². The topological polar surface area (TPSA) is 49.6 Å². The number of hydrogen-bond acceptors (Lipinski definition) is 4. The van der Waals surface area contributed by atoms with Crippen LogP contribution < -0.4 is 0 Å². The van der Waals surface area contributed by atoms with Gasteiger partial charge < -0.3 is 9.42 Å². The summed E-state index contributed by atoms with van der Waals surface area (Å²) in [5.74, 6) is 0.214. The van der Waals surface area contributed by atoms with Gasteiger partial charge in [0, 0.05) is 44.4 Å². The van der Waals surface area contributed by atoms with Gasteiger partial charge in [-0.2, -0.15) is 0 Å². The molecule has 5 rings (SSSR count). The van der Waals surface area contributed by atoms with E-state index in [-0.39, 0.29) is 5.91 Å². The van der Waals surface area contributed by atoms with Crippen LogP contribution in [0, 0.1) is 0 Å². The smallest absolute Gasteiger partial charge is 0.292 e. The van der Waals surface area contributed by atoms with Crippen molar-refractivity contribution in [2.45, 2.75) is 6.54 Å². The fourth-order valence-corrected chi connectivity index (χ4v) is 4.06. The van der Waals surface area contributed by atoms with Crippen molar-refractivity contribution in [3.05, 3.63) is 90.2 Å². The molecule has 5 nitrogen and oxygen atoms in total. The molecule has 0 spiro atoms. The quantitative estimate of drug-likeness (QED) is 0.510. The van der Waals surface area contributed by atoms with Crippen LogP contribution in [-0.2, 0) is 6.54 Å². The molecule has 0 N–H and O–H groups in total. The van der Waals surface area contributed by atoms with Gasteiger partial charge in [-0.3, -0.25) is 9.69 Å². The van der Waals surface area contributed by atoms with Gasteiger partial charge in [0.25, 0.3) is 5.91 Å². The Bertz CT molecular complexity index is 1160. The van der Waals surface area contributed by atoms with Crippen molar-refractivity contribution in [2.24, 2.45) is 0 Å². The SMILES string of the molecule is O=C(c1cc(-c2ccccc2)no1)N1CCN(Cc2cccc3ccccc23)CC1. The van der Waals surface area contributed by atoms with E-state index in [1.165, 1.54) is 16.3 Å². The summed E-state index contributed by atoms with van der Waals surface area (Å²) in [7, 11) is 0. The Morgan fingerprint density at radius 1 is 0.867 bits per heavy atom. The Balaban J connectivity index is 1.23. The van der Waals surface area contributed by atoms with E-state index < -0.39 is 0 Å². The van der Waals surface area contributed by atoms with Crippen LogP contribution in [0.5, 0.6) is 0 Å². The highest BCUT2D eigenvalue weighted by atomic mass is 16.5. The molecule has 150 valence electrons. The van der Waals surface area contributed by atoms with Gasteiger partial charge in [0.15, 0.2) is 0 Å². The van der Waals surface area contributed by atoms with Gasteiger partial charge in [0.05, 0.1) is 0 Å². The van der Waals surface area contributed by atoms with Gasteiger partial charge in [-0.05, 0) is 16.3 Å². The van der Waals surface area contributed by atoms with Crippen molar-refractivity contribution in [3.8, 4) is 11.3 Å². The molecular formula is C25H23N3O2. The lowest BCUT2D eigenvalue weighted by molar-refractivity contribution is 0.0589. The monoisotopic (exact) mass is 397 g/mol. The maximum absolute atomic E-state index is 12.9. The van der Waals surface area contributed by atoms with Crippen molar-refractivity contribution >= 4 is 16.7 Å². The second-order valence-corrected chi connectivity index (χ2v) is 7.65. The standard InChI is InChI=1S/C25H23N3O2/c29-25(24-17-23(26-30-24)20-8-2-1-3-9-20)28-15-13-27(14-16-28)18-21-11-6-10-19-7-4-5-12-22(19)21/h1-12,17H,13-16,18H2. The molecule has 1 saturated heterocycles. The van der Waals surface area contributed by atoms with Crippen LogP contribution in [0.3, 0.4) is 0 Å². The molecule has 0 aliphatic carbocycles. The van der Waals surface area contributed by atoms with Crippen molar-refractivity contribution in [2.75, 3.05) is 26.2 Å². The fourth-order valence-electron chi connectivity index (χ4n) is 4.06. The minimum absolute atomic E-state index is 0.0884. The molecule has 1 amide bonds. The maximum atomic E-state index is 12.9. The Labute approximate surface area is 175 Å². The highest BCUT2D eigenvalue weighted by molar-refractivity contribution is 5.92. The zero-order valence-corrected chi connectivity index (χ0v) is 16.7. The van der Waals surface area contributed by atoms with E-state index in [9.17, 15) is 4.79 Å². The van der Waals surface area contributed by atoms with E-state index in [2.05, 4.69) is 52.5 Å². The molecule has 3 aromatic carbocycles. The number of rotatable bonds is 4. The average molecular weight is 397 g/mol. The molecule has 0 bridgehead atoms. The third kappa shape index (κ3) is 3.72. The molecule has 1 fully saturated rings. The summed E-state index contributed by atoms with van der Waals surface area (Å²) >= 11 is 0. The van der Waals surface area contributed by atoms with Gasteiger partial charge >= 0.3 is 0 Å². The van der Waals surface area contributed by atoms with E-state index in [0.29, 0.717) is 24.5 Å². The van der Waals surface area contributed by atoms with Gasteiger partial charge in [-0.1, -0.05) is 78.0 Å². The van der Waals surface area contributed by atoms with Gasteiger partial charge in [0.2, 0.25) is 5.76 Å². The zero-order valence-electron chi connectivity index (χ0n) is 16.7. The number of piperazine rings is 1. The Morgan fingerprint density at radius 3 is 2.43 bits per heavy atom. The van der Waals surface area contributed by atoms with Crippen LogP contribution in [0.25, 0.3) is 22.0 Å². The molecule has 5 heteroatoms. The largest absolute Gasteiger partial charge is 0.350 e. The minimum atomic E-state index is -0.0884. The first kappa shape index (κ1) is 18.6. The number of amides is 1. The van der Waals surface area contributed by atoms with Gasteiger partial charge in [-0.25, -0.2) is 0 Å². The van der Waals surface area contributed by atoms with Crippen molar-refractivity contribution < 1.29 is 9.32 Å². The van der Waals surface area contributed by atoms with Crippen LogP contribution in [0.4, 0.5) is 0 Å². The van der Waals surface area contributed by atoms with E-state index in [1.54, 1.807) is 6.07 Å². The first-order chi connectivity index (χ1) is 14.8. The molecule has 2 heterocycles. The number of fused-ring (bicyclic) bond motifs is 1. The van der Waals surface area contributed by atoms with Gasteiger partial charge in [0.1, 0.15) is 5.69 Å². The summed E-state index contributed by atoms with van der Waals surface area (Å²) in [4.78, 5) is 17.1. The Morgan fingerprint density at radius 2 is 1.60 bits per heavy atom. The minimum Gasteiger partial charge on any atom is -0.350 e. The molecule has 4 aromatic rings. The number of aromatic nitrogens is 1. The first-order valence-corrected chi connectivity index (χ1v) is 10.3. The normalized spacial score (nSPS) is 14.9. The lowest BCUT2D eigenvalue weighted by Gasteiger charge is -2.34. The molecule has 1 aliphatic heterocycles. The van der Waals surface area contributed by atoms with E-state index >= 15 is 0 Å². The number of hydrogen-bond donors (Lipinski definition) is 0. The second kappa shape index (κ2) is 8.13. The Hall–Kier alpha value is -3.44. The summed E-state index contributed by atoms with van der Waals surface area (Å²) in [6, 6.07) is 26.4. The third-order valence-corrected chi connectivity index (χ3v) is 5.72. The molecule has 30 heavy (non-hydrogen) atoms. The zero-order chi connectivity index (χ0) is 20.3. The average Bonchev–Trinajstić information content (AvgIpc) is 3.30. The summed E-state index contributed by atoms with van der Waals surface area (Å²) in [5.41, 5.74) is 2.96.